The molecule has 0 atom stereocenters. The SMILES string of the molecule is CC(=O)OCC1=Cc2ccc(F)cc2C1. The van der Waals surface area contributed by atoms with Crippen LogP contribution in [0.2, 0.25) is 0 Å². The van der Waals surface area contributed by atoms with E-state index in [9.17, 15) is 9.18 Å². The summed E-state index contributed by atoms with van der Waals surface area (Å²) >= 11 is 0. The summed E-state index contributed by atoms with van der Waals surface area (Å²) in [6.07, 6.45) is 2.61. The number of carbonyl (C=O) groups excluding carboxylic acids is 1. The molecule has 1 aliphatic rings. The number of halogens is 1. The Kier molecular flexibility index (Phi) is 2.54. The average Bonchev–Trinajstić information content (AvgIpc) is 2.56. The second-order valence-corrected chi connectivity index (χ2v) is 3.60. The lowest BCUT2D eigenvalue weighted by molar-refractivity contribution is -0.139. The Morgan fingerprint density at radius 2 is 2.33 bits per heavy atom. The van der Waals surface area contributed by atoms with Crippen molar-refractivity contribution in [3.8, 4) is 0 Å². The van der Waals surface area contributed by atoms with Gasteiger partial charge < -0.3 is 4.74 Å². The van der Waals surface area contributed by atoms with Gasteiger partial charge in [-0.15, -0.1) is 0 Å². The molecule has 1 aromatic rings. The van der Waals surface area contributed by atoms with Crippen molar-refractivity contribution in [1.82, 2.24) is 0 Å². The molecule has 0 aromatic heterocycles. The van der Waals surface area contributed by atoms with Crippen LogP contribution in [-0.4, -0.2) is 12.6 Å². The lowest BCUT2D eigenvalue weighted by Gasteiger charge is -2.01. The minimum absolute atomic E-state index is 0.226. The lowest BCUT2D eigenvalue weighted by Crippen LogP contribution is -2.03. The Morgan fingerprint density at radius 3 is 3.07 bits per heavy atom. The molecule has 0 radical (unpaired) electrons. The van der Waals surface area contributed by atoms with Crippen LogP contribution in [0.25, 0.3) is 6.08 Å². The van der Waals surface area contributed by atoms with E-state index < -0.39 is 0 Å². The minimum Gasteiger partial charge on any atom is -0.461 e. The van der Waals surface area contributed by atoms with Crippen molar-refractivity contribution in [2.24, 2.45) is 0 Å². The lowest BCUT2D eigenvalue weighted by atomic mass is 10.1. The van der Waals surface area contributed by atoms with Crippen LogP contribution < -0.4 is 0 Å². The van der Waals surface area contributed by atoms with E-state index in [2.05, 4.69) is 0 Å². The van der Waals surface area contributed by atoms with Crippen LogP contribution in [0.1, 0.15) is 18.1 Å². The summed E-state index contributed by atoms with van der Waals surface area (Å²) in [5.74, 6) is -0.520. The van der Waals surface area contributed by atoms with Crippen molar-refractivity contribution >= 4 is 12.0 Å². The minimum atomic E-state index is -0.293. The first-order valence-electron chi connectivity index (χ1n) is 4.76. The average molecular weight is 206 g/mol. The van der Waals surface area contributed by atoms with E-state index in [4.69, 9.17) is 4.74 Å². The molecule has 0 aliphatic heterocycles. The van der Waals surface area contributed by atoms with Crippen LogP contribution in [0.4, 0.5) is 4.39 Å². The summed E-state index contributed by atoms with van der Waals surface area (Å²) in [6, 6.07) is 4.70. The molecule has 0 amide bonds. The molecule has 0 fully saturated rings. The van der Waals surface area contributed by atoms with E-state index in [0.29, 0.717) is 13.0 Å². The second kappa shape index (κ2) is 3.85. The monoisotopic (exact) mass is 206 g/mol. The fourth-order valence-electron chi connectivity index (χ4n) is 1.67. The van der Waals surface area contributed by atoms with Gasteiger partial charge in [-0.3, -0.25) is 4.79 Å². The molecule has 0 spiro atoms. The van der Waals surface area contributed by atoms with Gasteiger partial charge in [-0.1, -0.05) is 12.1 Å². The van der Waals surface area contributed by atoms with Gasteiger partial charge in [0, 0.05) is 6.92 Å². The molecule has 3 heteroatoms. The maximum Gasteiger partial charge on any atom is 0.302 e. The van der Waals surface area contributed by atoms with Gasteiger partial charge in [-0.05, 0) is 35.3 Å². The maximum atomic E-state index is 12.9. The van der Waals surface area contributed by atoms with Crippen LogP contribution in [0, 0.1) is 5.82 Å². The predicted octanol–water partition coefficient (Wildman–Crippen LogP) is 2.33. The van der Waals surface area contributed by atoms with Crippen molar-refractivity contribution in [2.45, 2.75) is 13.3 Å². The highest BCUT2D eigenvalue weighted by molar-refractivity contribution is 5.68. The third kappa shape index (κ3) is 2.24. The first-order valence-corrected chi connectivity index (χ1v) is 4.76. The Balaban J connectivity index is 2.08. The maximum absolute atomic E-state index is 12.9. The standard InChI is InChI=1S/C12H11FO2/c1-8(14)15-7-9-4-10-2-3-12(13)6-11(10)5-9/h2-4,6H,5,7H2,1H3. The summed E-state index contributed by atoms with van der Waals surface area (Å²) in [4.78, 5) is 10.6. The van der Waals surface area contributed by atoms with E-state index in [-0.39, 0.29) is 11.8 Å². The van der Waals surface area contributed by atoms with Gasteiger partial charge >= 0.3 is 5.97 Å². The Morgan fingerprint density at radius 1 is 1.53 bits per heavy atom. The van der Waals surface area contributed by atoms with Crippen molar-refractivity contribution in [3.63, 3.8) is 0 Å². The predicted molar refractivity (Wildman–Crippen MR) is 54.7 cm³/mol. The van der Waals surface area contributed by atoms with Crippen LogP contribution in [0.15, 0.2) is 23.8 Å². The third-order valence-corrected chi connectivity index (χ3v) is 2.34. The Bertz CT molecular complexity index is 435. The topological polar surface area (TPSA) is 26.3 Å². The van der Waals surface area contributed by atoms with Crippen LogP contribution in [0.5, 0.6) is 0 Å². The normalized spacial score (nSPS) is 13.3. The van der Waals surface area contributed by atoms with Gasteiger partial charge in [0.25, 0.3) is 0 Å². The van der Waals surface area contributed by atoms with Gasteiger partial charge in [0.2, 0.25) is 0 Å². The number of benzene rings is 1. The zero-order valence-corrected chi connectivity index (χ0v) is 8.42. The Labute approximate surface area is 87.4 Å². The second-order valence-electron chi connectivity index (χ2n) is 3.60. The highest BCUT2D eigenvalue weighted by Crippen LogP contribution is 2.25. The van der Waals surface area contributed by atoms with Gasteiger partial charge in [0.05, 0.1) is 0 Å². The first-order chi connectivity index (χ1) is 7.15. The Hall–Kier alpha value is -1.64. The summed E-state index contributed by atoms with van der Waals surface area (Å²) in [5.41, 5.74) is 2.97. The molecule has 1 aromatic carbocycles. The number of ether oxygens (including phenoxy) is 1. The van der Waals surface area contributed by atoms with Crippen LogP contribution in [-0.2, 0) is 16.0 Å². The smallest absolute Gasteiger partial charge is 0.302 e. The van der Waals surface area contributed by atoms with E-state index in [1.165, 1.54) is 19.1 Å². The summed E-state index contributed by atoms with van der Waals surface area (Å²) in [5, 5.41) is 0. The van der Waals surface area contributed by atoms with E-state index in [1.807, 2.05) is 6.08 Å². The largest absolute Gasteiger partial charge is 0.461 e. The van der Waals surface area contributed by atoms with Gasteiger partial charge in [-0.2, -0.15) is 0 Å². The van der Waals surface area contributed by atoms with E-state index in [1.54, 1.807) is 6.07 Å². The zero-order chi connectivity index (χ0) is 10.8. The van der Waals surface area contributed by atoms with Gasteiger partial charge in [0.15, 0.2) is 0 Å². The molecule has 2 rings (SSSR count). The van der Waals surface area contributed by atoms with Crippen LogP contribution in [0.3, 0.4) is 0 Å². The molecule has 0 N–H and O–H groups in total. The zero-order valence-electron chi connectivity index (χ0n) is 8.42. The summed E-state index contributed by atoms with van der Waals surface area (Å²) < 4.78 is 17.8. The van der Waals surface area contributed by atoms with Crippen molar-refractivity contribution in [2.75, 3.05) is 6.61 Å². The fourth-order valence-corrected chi connectivity index (χ4v) is 1.67. The van der Waals surface area contributed by atoms with Crippen molar-refractivity contribution in [3.05, 3.63) is 40.7 Å². The molecule has 0 heterocycles. The number of hydrogen-bond acceptors (Lipinski definition) is 2. The van der Waals surface area contributed by atoms with Gasteiger partial charge in [-0.25, -0.2) is 4.39 Å². The number of esters is 1. The van der Waals surface area contributed by atoms with Crippen molar-refractivity contribution in [1.29, 1.82) is 0 Å². The summed E-state index contributed by atoms with van der Waals surface area (Å²) in [7, 11) is 0. The highest BCUT2D eigenvalue weighted by atomic mass is 19.1. The number of rotatable bonds is 2. The molecule has 0 saturated heterocycles. The molecule has 1 aliphatic carbocycles. The molecule has 0 saturated carbocycles. The fraction of sp³-hybridized carbons (Fsp3) is 0.250. The number of carbonyl (C=O) groups is 1. The molecule has 0 bridgehead atoms. The number of fused-ring (bicyclic) bond motifs is 1. The van der Waals surface area contributed by atoms with Gasteiger partial charge in [0.1, 0.15) is 12.4 Å². The molecular weight excluding hydrogens is 195 g/mol. The molecule has 2 nitrogen and oxygen atoms in total. The molecule has 0 unspecified atom stereocenters. The molecule has 78 valence electrons. The van der Waals surface area contributed by atoms with E-state index >= 15 is 0 Å². The quantitative estimate of drug-likeness (QED) is 0.694. The van der Waals surface area contributed by atoms with Crippen molar-refractivity contribution < 1.29 is 13.9 Å². The van der Waals surface area contributed by atoms with E-state index in [0.717, 1.165) is 16.7 Å². The number of hydrogen-bond donors (Lipinski definition) is 0. The molecule has 15 heavy (non-hydrogen) atoms. The third-order valence-electron chi connectivity index (χ3n) is 2.34. The summed E-state index contributed by atoms with van der Waals surface area (Å²) in [6.45, 7) is 1.67. The first kappa shape index (κ1) is 9.90. The van der Waals surface area contributed by atoms with Crippen LogP contribution >= 0.6 is 0 Å². The highest BCUT2D eigenvalue weighted by Gasteiger charge is 2.13. The molecular formula is C12H11FO2.